The number of hydrogen-bond donors (Lipinski definition) is 1. The maximum Gasteiger partial charge on any atom is 0.119 e. The quantitative estimate of drug-likeness (QED) is 0.455. The van der Waals surface area contributed by atoms with Gasteiger partial charge >= 0.3 is 0 Å². The first-order valence-corrected chi connectivity index (χ1v) is 6.79. The molecule has 0 fully saturated rings. The number of nitrogens with one attached hydrogen (secondary N) is 1. The largest absolute Gasteiger partial charge is 0.494 e. The Labute approximate surface area is 111 Å². The van der Waals surface area contributed by atoms with Gasteiger partial charge in [0.2, 0.25) is 0 Å². The Balaban J connectivity index is 0.00000137. The van der Waals surface area contributed by atoms with Gasteiger partial charge in [-0.3, -0.25) is 0 Å². The molecule has 3 heteroatoms. The molecule has 0 saturated carbocycles. The van der Waals surface area contributed by atoms with Gasteiger partial charge in [-0.1, -0.05) is 32.9 Å². The molecule has 0 bridgehead atoms. The highest BCUT2D eigenvalue weighted by Crippen LogP contribution is 2.12. The van der Waals surface area contributed by atoms with Crippen LogP contribution in [0.2, 0.25) is 0 Å². The lowest BCUT2D eigenvalue weighted by molar-refractivity contribution is 0.308. The van der Waals surface area contributed by atoms with Crippen LogP contribution >= 0.6 is 0 Å². The lowest BCUT2D eigenvalue weighted by Gasteiger charge is -2.06. The van der Waals surface area contributed by atoms with E-state index in [1.165, 1.54) is 5.56 Å². The number of rotatable bonds is 7. The molecule has 0 saturated heterocycles. The van der Waals surface area contributed by atoms with Crippen LogP contribution in [0, 0.1) is 0 Å². The highest BCUT2D eigenvalue weighted by Gasteiger charge is 1.93. The maximum absolute atomic E-state index is 5.59. The van der Waals surface area contributed by atoms with Crippen LogP contribution in [0.15, 0.2) is 29.4 Å². The Hall–Kier alpha value is -1.51. The van der Waals surface area contributed by atoms with Crippen molar-refractivity contribution < 1.29 is 4.74 Å². The van der Waals surface area contributed by atoms with E-state index < -0.39 is 0 Å². The van der Waals surface area contributed by atoms with Crippen molar-refractivity contribution in [1.29, 1.82) is 0 Å². The molecule has 1 N–H and O–H groups in total. The molecule has 0 amide bonds. The summed E-state index contributed by atoms with van der Waals surface area (Å²) in [5.41, 5.74) is 4.27. The number of aryl methyl sites for hydroxylation is 1. The Morgan fingerprint density at radius 1 is 1.22 bits per heavy atom. The van der Waals surface area contributed by atoms with Crippen molar-refractivity contribution in [2.75, 3.05) is 13.2 Å². The molecule has 0 radical (unpaired) electrons. The summed E-state index contributed by atoms with van der Waals surface area (Å²) in [6.07, 6.45) is 3.76. The van der Waals surface area contributed by atoms with E-state index in [0.29, 0.717) is 0 Å². The average molecular weight is 250 g/mol. The predicted octanol–water partition coefficient (Wildman–Crippen LogP) is 3.64. The average Bonchev–Trinajstić information content (AvgIpc) is 2.45. The number of benzene rings is 1. The summed E-state index contributed by atoms with van der Waals surface area (Å²) in [5.74, 6) is 0.941. The van der Waals surface area contributed by atoms with Gasteiger partial charge < -0.3 is 10.2 Å². The van der Waals surface area contributed by atoms with Crippen LogP contribution in [0.25, 0.3) is 0 Å². The van der Waals surface area contributed by atoms with Gasteiger partial charge in [-0.15, -0.1) is 0 Å². The second kappa shape index (κ2) is 12.0. The van der Waals surface area contributed by atoms with Gasteiger partial charge in [0.05, 0.1) is 6.61 Å². The Morgan fingerprint density at radius 3 is 2.44 bits per heavy atom. The molecule has 0 aliphatic carbocycles. The summed E-state index contributed by atoms with van der Waals surface area (Å²) in [6.45, 7) is 9.60. The number of nitrogens with zero attached hydrogens (tertiary/aromatic N) is 1. The van der Waals surface area contributed by atoms with Crippen molar-refractivity contribution in [2.24, 2.45) is 5.10 Å². The molecule has 18 heavy (non-hydrogen) atoms. The van der Waals surface area contributed by atoms with Crippen LogP contribution in [0.5, 0.6) is 5.75 Å². The fourth-order valence-electron chi connectivity index (χ4n) is 1.32. The molecule has 0 atom stereocenters. The van der Waals surface area contributed by atoms with E-state index in [1.54, 1.807) is 6.21 Å². The summed E-state index contributed by atoms with van der Waals surface area (Å²) in [4.78, 5) is 0. The SMILES string of the molecule is C/C=N\NCCCOc1ccc(CC)cc1.CC. The van der Waals surface area contributed by atoms with Crippen LogP contribution in [0.4, 0.5) is 0 Å². The Kier molecular flexibility index (Phi) is 11.0. The van der Waals surface area contributed by atoms with Crippen LogP contribution in [-0.4, -0.2) is 19.4 Å². The third-order valence-corrected chi connectivity index (χ3v) is 2.25. The molecule has 0 unspecified atom stereocenters. The fraction of sp³-hybridized carbons (Fsp3) is 0.533. The monoisotopic (exact) mass is 250 g/mol. The minimum atomic E-state index is 0.720. The van der Waals surface area contributed by atoms with Crippen molar-refractivity contribution in [3.8, 4) is 5.75 Å². The molecule has 3 nitrogen and oxygen atoms in total. The van der Waals surface area contributed by atoms with Crippen molar-refractivity contribution in [3.63, 3.8) is 0 Å². The number of hydrogen-bond acceptors (Lipinski definition) is 3. The lowest BCUT2D eigenvalue weighted by Crippen LogP contribution is -2.11. The van der Waals surface area contributed by atoms with Gasteiger partial charge in [0.1, 0.15) is 5.75 Å². The molecule has 0 spiro atoms. The van der Waals surface area contributed by atoms with Crippen molar-refractivity contribution in [3.05, 3.63) is 29.8 Å². The molecular weight excluding hydrogens is 224 g/mol. The molecule has 0 aliphatic heterocycles. The topological polar surface area (TPSA) is 33.6 Å². The summed E-state index contributed by atoms with van der Waals surface area (Å²) in [5, 5.41) is 3.91. The maximum atomic E-state index is 5.59. The van der Waals surface area contributed by atoms with Gasteiger partial charge in [0, 0.05) is 19.2 Å². The predicted molar refractivity (Wildman–Crippen MR) is 79.4 cm³/mol. The van der Waals surface area contributed by atoms with Crippen LogP contribution in [0.1, 0.15) is 39.7 Å². The summed E-state index contributed by atoms with van der Waals surface area (Å²) >= 11 is 0. The zero-order valence-electron chi connectivity index (χ0n) is 12.1. The van der Waals surface area contributed by atoms with Crippen molar-refractivity contribution in [1.82, 2.24) is 5.43 Å². The summed E-state index contributed by atoms with van der Waals surface area (Å²) < 4.78 is 5.59. The first-order valence-electron chi connectivity index (χ1n) is 6.79. The Morgan fingerprint density at radius 2 is 1.89 bits per heavy atom. The smallest absolute Gasteiger partial charge is 0.119 e. The standard InChI is InChI=1S/C13H20N2O.C2H6/c1-3-12-6-8-13(9-7-12)16-11-5-10-15-14-4-2;1-2/h4,6-9,15H,3,5,10-11H2,1-2H3;1-2H3/b14-4-;. The molecule has 0 aliphatic rings. The minimum absolute atomic E-state index is 0.720. The molecule has 102 valence electrons. The second-order valence-corrected chi connectivity index (χ2v) is 3.49. The Bertz CT molecular complexity index is 307. The molecule has 0 aromatic heterocycles. The summed E-state index contributed by atoms with van der Waals surface area (Å²) in [6, 6.07) is 8.26. The van der Waals surface area contributed by atoms with E-state index in [-0.39, 0.29) is 0 Å². The van der Waals surface area contributed by atoms with Gasteiger partial charge in [-0.05, 0) is 31.0 Å². The molecule has 1 rings (SSSR count). The minimum Gasteiger partial charge on any atom is -0.494 e. The fourth-order valence-corrected chi connectivity index (χ4v) is 1.32. The first-order chi connectivity index (χ1) is 8.86. The lowest BCUT2D eigenvalue weighted by atomic mass is 10.2. The number of ether oxygens (including phenoxy) is 1. The van der Waals surface area contributed by atoms with Crippen LogP contribution in [0.3, 0.4) is 0 Å². The molecular formula is C15H26N2O. The molecule has 1 aromatic rings. The highest BCUT2D eigenvalue weighted by atomic mass is 16.5. The molecule has 1 aromatic carbocycles. The van der Waals surface area contributed by atoms with Gasteiger partial charge in [0.25, 0.3) is 0 Å². The van der Waals surface area contributed by atoms with Gasteiger partial charge in [0.15, 0.2) is 0 Å². The highest BCUT2D eigenvalue weighted by molar-refractivity contribution is 5.52. The molecule has 0 heterocycles. The van der Waals surface area contributed by atoms with E-state index in [2.05, 4.69) is 29.6 Å². The van der Waals surface area contributed by atoms with Crippen LogP contribution in [-0.2, 0) is 6.42 Å². The zero-order valence-corrected chi connectivity index (χ0v) is 12.1. The van der Waals surface area contributed by atoms with E-state index in [9.17, 15) is 0 Å². The summed E-state index contributed by atoms with van der Waals surface area (Å²) in [7, 11) is 0. The zero-order chi connectivity index (χ0) is 13.6. The van der Waals surface area contributed by atoms with E-state index >= 15 is 0 Å². The normalized spacial score (nSPS) is 9.78. The van der Waals surface area contributed by atoms with Crippen molar-refractivity contribution in [2.45, 2.75) is 40.5 Å². The number of hydrazone groups is 1. The first kappa shape index (κ1) is 16.5. The van der Waals surface area contributed by atoms with E-state index in [1.807, 2.05) is 32.9 Å². The van der Waals surface area contributed by atoms with Crippen LogP contribution < -0.4 is 10.2 Å². The van der Waals surface area contributed by atoms with Gasteiger partial charge in [-0.2, -0.15) is 5.10 Å². The van der Waals surface area contributed by atoms with Crippen molar-refractivity contribution >= 4 is 6.21 Å². The third-order valence-electron chi connectivity index (χ3n) is 2.25. The second-order valence-electron chi connectivity index (χ2n) is 3.49. The van der Waals surface area contributed by atoms with Gasteiger partial charge in [-0.25, -0.2) is 0 Å². The third kappa shape index (κ3) is 7.71. The van der Waals surface area contributed by atoms with E-state index in [0.717, 1.165) is 31.7 Å². The van der Waals surface area contributed by atoms with E-state index in [4.69, 9.17) is 4.74 Å².